The van der Waals surface area contributed by atoms with Crippen LogP contribution in [0.3, 0.4) is 0 Å². The number of hydrogen-bond donors (Lipinski definition) is 0. The summed E-state index contributed by atoms with van der Waals surface area (Å²) in [5.41, 5.74) is -0.149. The highest BCUT2D eigenvalue weighted by molar-refractivity contribution is 7.99. The van der Waals surface area contributed by atoms with E-state index in [0.717, 1.165) is 9.79 Å². The van der Waals surface area contributed by atoms with Gasteiger partial charge in [-0.2, -0.15) is 5.26 Å². The Morgan fingerprint density at radius 1 is 0.636 bits per heavy atom. The molecule has 8 heteroatoms. The summed E-state index contributed by atoms with van der Waals surface area (Å²) in [6.07, 6.45) is 0. The predicted molar refractivity (Wildman–Crippen MR) is 115 cm³/mol. The number of anilines is 3. The Hall–Kier alpha value is -3.83. The minimum absolute atomic E-state index is 0.00736. The SMILES string of the molecule is N#Cc1cccc(-c2c(F)c(F)c(F)c(F)c2F)c1N1c2ccccc2Sc2ccccc21. The van der Waals surface area contributed by atoms with Crippen LogP contribution in [0.25, 0.3) is 11.1 Å². The van der Waals surface area contributed by atoms with Gasteiger partial charge in [-0.3, -0.25) is 0 Å². The van der Waals surface area contributed by atoms with Crippen LogP contribution in [0.5, 0.6) is 0 Å². The zero-order valence-electron chi connectivity index (χ0n) is 16.5. The van der Waals surface area contributed by atoms with Crippen molar-refractivity contribution >= 4 is 28.8 Å². The largest absolute Gasteiger partial charge is 0.306 e. The fourth-order valence-corrected chi connectivity index (χ4v) is 4.92. The van der Waals surface area contributed by atoms with Gasteiger partial charge < -0.3 is 4.90 Å². The summed E-state index contributed by atoms with van der Waals surface area (Å²) in [5, 5.41) is 9.83. The molecule has 0 N–H and O–H groups in total. The first kappa shape index (κ1) is 21.0. The molecule has 33 heavy (non-hydrogen) atoms. The van der Waals surface area contributed by atoms with Crippen LogP contribution in [0.4, 0.5) is 39.0 Å². The Morgan fingerprint density at radius 3 is 1.70 bits per heavy atom. The third kappa shape index (κ3) is 3.16. The van der Waals surface area contributed by atoms with Crippen molar-refractivity contribution in [3.63, 3.8) is 0 Å². The van der Waals surface area contributed by atoms with Crippen LogP contribution >= 0.6 is 11.8 Å². The van der Waals surface area contributed by atoms with Crippen LogP contribution in [0.1, 0.15) is 5.56 Å². The predicted octanol–water partition coefficient (Wildman–Crippen LogP) is 7.86. The molecule has 2 nitrogen and oxygen atoms in total. The number of rotatable bonds is 2. The molecule has 0 aromatic heterocycles. The molecular weight excluding hydrogens is 455 g/mol. The lowest BCUT2D eigenvalue weighted by atomic mass is 9.96. The second-order valence-electron chi connectivity index (χ2n) is 7.13. The second kappa shape index (κ2) is 7.94. The van der Waals surface area contributed by atoms with Crippen molar-refractivity contribution in [3.8, 4) is 17.2 Å². The molecule has 4 aromatic carbocycles. The topological polar surface area (TPSA) is 27.0 Å². The molecule has 0 spiro atoms. The Kier molecular flexibility index (Phi) is 5.06. The van der Waals surface area contributed by atoms with Gasteiger partial charge in [0.15, 0.2) is 23.3 Å². The summed E-state index contributed by atoms with van der Waals surface area (Å²) >= 11 is 1.47. The number of para-hydroxylation sites is 3. The molecule has 0 amide bonds. The number of benzene rings is 4. The molecule has 0 fully saturated rings. The molecule has 162 valence electrons. The highest BCUT2D eigenvalue weighted by Crippen LogP contribution is 2.54. The third-order valence-corrected chi connectivity index (χ3v) is 6.42. The Morgan fingerprint density at radius 2 is 1.15 bits per heavy atom. The van der Waals surface area contributed by atoms with Gasteiger partial charge in [0.2, 0.25) is 5.82 Å². The van der Waals surface area contributed by atoms with Gasteiger partial charge in [-0.05, 0) is 30.3 Å². The van der Waals surface area contributed by atoms with E-state index in [1.54, 1.807) is 29.2 Å². The van der Waals surface area contributed by atoms with Gasteiger partial charge in [0.05, 0.1) is 28.2 Å². The molecule has 0 radical (unpaired) electrons. The van der Waals surface area contributed by atoms with Crippen LogP contribution in [-0.4, -0.2) is 0 Å². The van der Waals surface area contributed by atoms with Crippen molar-refractivity contribution in [2.45, 2.75) is 9.79 Å². The van der Waals surface area contributed by atoms with Gasteiger partial charge in [0, 0.05) is 15.4 Å². The zero-order chi connectivity index (χ0) is 23.3. The van der Waals surface area contributed by atoms with Crippen molar-refractivity contribution in [3.05, 3.63) is 101 Å². The highest BCUT2D eigenvalue weighted by Gasteiger charge is 2.33. The van der Waals surface area contributed by atoms with Crippen molar-refractivity contribution < 1.29 is 22.0 Å². The van der Waals surface area contributed by atoms with Crippen molar-refractivity contribution in [2.24, 2.45) is 0 Å². The first-order valence-electron chi connectivity index (χ1n) is 9.65. The maximum absolute atomic E-state index is 14.8. The van der Waals surface area contributed by atoms with E-state index >= 15 is 0 Å². The maximum atomic E-state index is 14.8. The second-order valence-corrected chi connectivity index (χ2v) is 8.22. The van der Waals surface area contributed by atoms with E-state index in [4.69, 9.17) is 0 Å². The van der Waals surface area contributed by atoms with E-state index in [0.29, 0.717) is 11.4 Å². The normalized spacial score (nSPS) is 12.2. The highest BCUT2D eigenvalue weighted by atomic mass is 32.2. The first-order chi connectivity index (χ1) is 15.9. The average Bonchev–Trinajstić information content (AvgIpc) is 2.85. The summed E-state index contributed by atoms with van der Waals surface area (Å²) in [7, 11) is 0. The molecule has 0 saturated heterocycles. The molecule has 5 rings (SSSR count). The molecule has 0 bridgehead atoms. The minimum atomic E-state index is -2.24. The van der Waals surface area contributed by atoms with Gasteiger partial charge >= 0.3 is 0 Å². The van der Waals surface area contributed by atoms with E-state index in [2.05, 4.69) is 0 Å². The van der Waals surface area contributed by atoms with Crippen molar-refractivity contribution in [2.75, 3.05) is 4.90 Å². The standard InChI is InChI=1S/C25H11F5N2S/c26-20-19(21(27)23(29)24(30)22(20)28)14-7-5-6-13(12-31)25(14)32-15-8-1-3-10-17(15)33-18-11-4-2-9-16(18)32/h1-11H. The third-order valence-electron chi connectivity index (χ3n) is 5.29. The number of nitrogens with zero attached hydrogens (tertiary/aromatic N) is 2. The number of nitriles is 1. The fraction of sp³-hybridized carbons (Fsp3) is 0. The van der Waals surface area contributed by atoms with Crippen molar-refractivity contribution in [1.29, 1.82) is 5.26 Å². The summed E-state index contributed by atoms with van der Waals surface area (Å²) in [4.78, 5) is 3.22. The quantitative estimate of drug-likeness (QED) is 0.151. The van der Waals surface area contributed by atoms with Gasteiger partial charge in [-0.1, -0.05) is 48.2 Å². The van der Waals surface area contributed by atoms with E-state index in [9.17, 15) is 27.2 Å². The van der Waals surface area contributed by atoms with E-state index in [-0.39, 0.29) is 16.8 Å². The number of hydrogen-bond acceptors (Lipinski definition) is 3. The Labute approximate surface area is 189 Å². The molecule has 0 aliphatic carbocycles. The molecule has 4 aromatic rings. The molecule has 1 aliphatic heterocycles. The lowest BCUT2D eigenvalue weighted by molar-refractivity contribution is 0.381. The van der Waals surface area contributed by atoms with Gasteiger partial charge in [0.25, 0.3) is 0 Å². The van der Waals surface area contributed by atoms with Gasteiger partial charge in [-0.25, -0.2) is 22.0 Å². The Bertz CT molecular complexity index is 1400. The van der Waals surface area contributed by atoms with Crippen LogP contribution < -0.4 is 4.90 Å². The molecule has 1 aliphatic rings. The van der Waals surface area contributed by atoms with Crippen LogP contribution in [0.2, 0.25) is 0 Å². The minimum Gasteiger partial charge on any atom is -0.306 e. The molecule has 0 unspecified atom stereocenters. The summed E-state index contributed by atoms with van der Waals surface area (Å²) in [5.74, 6) is -10.3. The lowest BCUT2D eigenvalue weighted by Crippen LogP contribution is -2.17. The van der Waals surface area contributed by atoms with E-state index in [1.807, 2.05) is 30.3 Å². The summed E-state index contributed by atoms with van der Waals surface area (Å²) < 4.78 is 71.5. The van der Waals surface area contributed by atoms with Gasteiger partial charge in [0.1, 0.15) is 6.07 Å². The summed E-state index contributed by atoms with van der Waals surface area (Å²) in [6, 6.07) is 20.4. The molecule has 0 atom stereocenters. The van der Waals surface area contributed by atoms with E-state index in [1.165, 1.54) is 30.0 Å². The maximum Gasteiger partial charge on any atom is 0.200 e. The van der Waals surface area contributed by atoms with Crippen molar-refractivity contribution in [1.82, 2.24) is 0 Å². The van der Waals surface area contributed by atoms with E-state index < -0.39 is 34.6 Å². The average molecular weight is 466 g/mol. The fourth-order valence-electron chi connectivity index (χ4n) is 3.86. The van der Waals surface area contributed by atoms with Crippen LogP contribution in [0.15, 0.2) is 76.5 Å². The lowest BCUT2D eigenvalue weighted by Gasteiger charge is -2.34. The number of halogens is 5. The molecule has 0 saturated carbocycles. The molecular formula is C25H11F5N2S. The summed E-state index contributed by atoms with van der Waals surface area (Å²) in [6.45, 7) is 0. The Balaban J connectivity index is 1.90. The van der Waals surface area contributed by atoms with Gasteiger partial charge in [-0.15, -0.1) is 0 Å². The number of fused-ring (bicyclic) bond motifs is 2. The molecule has 1 heterocycles. The first-order valence-corrected chi connectivity index (χ1v) is 10.5. The monoisotopic (exact) mass is 466 g/mol. The smallest absolute Gasteiger partial charge is 0.200 e. The van der Waals surface area contributed by atoms with Crippen LogP contribution in [-0.2, 0) is 0 Å². The van der Waals surface area contributed by atoms with Crippen LogP contribution in [0, 0.1) is 40.4 Å². The zero-order valence-corrected chi connectivity index (χ0v) is 17.4.